The van der Waals surface area contributed by atoms with E-state index in [4.69, 9.17) is 9.47 Å². The molecule has 0 fully saturated rings. The van der Waals surface area contributed by atoms with Gasteiger partial charge >= 0.3 is 0 Å². The van der Waals surface area contributed by atoms with Gasteiger partial charge in [-0.3, -0.25) is 0 Å². The average molecular weight is 293 g/mol. The third-order valence-corrected chi connectivity index (χ3v) is 2.96. The molecule has 0 saturated heterocycles. The van der Waals surface area contributed by atoms with E-state index in [1.807, 2.05) is 13.0 Å². The second kappa shape index (κ2) is 6.92. The van der Waals surface area contributed by atoms with Gasteiger partial charge in [-0.1, -0.05) is 12.1 Å². The van der Waals surface area contributed by atoms with E-state index in [9.17, 15) is 8.78 Å². The van der Waals surface area contributed by atoms with Gasteiger partial charge in [0, 0.05) is 6.54 Å². The summed E-state index contributed by atoms with van der Waals surface area (Å²) >= 11 is 0. The number of halogens is 2. The van der Waals surface area contributed by atoms with Crippen molar-refractivity contribution in [2.75, 3.05) is 19.0 Å². The van der Waals surface area contributed by atoms with Gasteiger partial charge in [0.25, 0.3) is 0 Å². The van der Waals surface area contributed by atoms with Crippen molar-refractivity contribution in [3.63, 3.8) is 0 Å². The second-order valence-electron chi connectivity index (χ2n) is 4.37. The number of hydrogen-bond acceptors (Lipinski definition) is 3. The molecule has 21 heavy (non-hydrogen) atoms. The van der Waals surface area contributed by atoms with Crippen LogP contribution in [0.2, 0.25) is 0 Å². The van der Waals surface area contributed by atoms with Crippen LogP contribution in [0.25, 0.3) is 0 Å². The van der Waals surface area contributed by atoms with Crippen LogP contribution in [0.5, 0.6) is 11.5 Å². The Morgan fingerprint density at radius 2 is 1.76 bits per heavy atom. The Morgan fingerprint density at radius 3 is 2.38 bits per heavy atom. The number of methoxy groups -OCH3 is 1. The lowest BCUT2D eigenvalue weighted by Gasteiger charge is -2.12. The normalized spacial score (nSPS) is 10.3. The van der Waals surface area contributed by atoms with Crippen LogP contribution in [0.15, 0.2) is 36.4 Å². The van der Waals surface area contributed by atoms with Crippen LogP contribution >= 0.6 is 0 Å². The maximum absolute atomic E-state index is 13.5. The first-order valence-corrected chi connectivity index (χ1v) is 6.63. The largest absolute Gasteiger partial charge is 0.493 e. The van der Waals surface area contributed by atoms with E-state index in [-0.39, 0.29) is 12.2 Å². The number of para-hydroxylation sites is 1. The number of nitrogens with one attached hydrogen (secondary N) is 1. The van der Waals surface area contributed by atoms with E-state index in [1.54, 1.807) is 19.2 Å². The van der Waals surface area contributed by atoms with Crippen molar-refractivity contribution >= 4 is 5.69 Å². The predicted octanol–water partition coefficient (Wildman–Crippen LogP) is 3.98. The molecule has 112 valence electrons. The summed E-state index contributed by atoms with van der Waals surface area (Å²) in [5, 5.41) is 2.75. The zero-order valence-electron chi connectivity index (χ0n) is 12.0. The minimum absolute atomic E-state index is 0.134. The van der Waals surface area contributed by atoms with Gasteiger partial charge in [0.15, 0.2) is 11.5 Å². The predicted molar refractivity (Wildman–Crippen MR) is 77.8 cm³/mol. The molecule has 0 atom stereocenters. The molecule has 2 rings (SSSR count). The molecule has 0 unspecified atom stereocenters. The molecule has 0 aliphatic heterocycles. The van der Waals surface area contributed by atoms with Crippen LogP contribution in [-0.2, 0) is 6.54 Å². The highest BCUT2D eigenvalue weighted by molar-refractivity contribution is 5.48. The average Bonchev–Trinajstić information content (AvgIpc) is 2.48. The van der Waals surface area contributed by atoms with Crippen molar-refractivity contribution in [1.82, 2.24) is 0 Å². The van der Waals surface area contributed by atoms with E-state index in [0.29, 0.717) is 18.1 Å². The molecule has 0 aliphatic rings. The molecule has 0 spiro atoms. The van der Waals surface area contributed by atoms with Crippen molar-refractivity contribution in [2.45, 2.75) is 13.5 Å². The summed E-state index contributed by atoms with van der Waals surface area (Å²) in [7, 11) is 1.55. The molecular formula is C16H17F2NO2. The molecule has 1 N–H and O–H groups in total. The maximum Gasteiger partial charge on any atom is 0.161 e. The summed E-state index contributed by atoms with van der Waals surface area (Å²) in [4.78, 5) is 0. The topological polar surface area (TPSA) is 30.5 Å². The lowest BCUT2D eigenvalue weighted by atomic mass is 10.2. The van der Waals surface area contributed by atoms with Gasteiger partial charge in [-0.05, 0) is 36.8 Å². The van der Waals surface area contributed by atoms with Crippen molar-refractivity contribution in [3.8, 4) is 11.5 Å². The molecule has 0 saturated carbocycles. The number of rotatable bonds is 6. The van der Waals surface area contributed by atoms with E-state index in [2.05, 4.69) is 5.32 Å². The van der Waals surface area contributed by atoms with Gasteiger partial charge in [0.05, 0.1) is 13.7 Å². The number of benzene rings is 2. The molecule has 0 aliphatic carbocycles. The summed E-state index contributed by atoms with van der Waals surface area (Å²) in [5.74, 6) is -0.00761. The zero-order chi connectivity index (χ0) is 15.2. The van der Waals surface area contributed by atoms with Gasteiger partial charge < -0.3 is 14.8 Å². The van der Waals surface area contributed by atoms with E-state index >= 15 is 0 Å². The highest BCUT2D eigenvalue weighted by Gasteiger charge is 2.09. The van der Waals surface area contributed by atoms with Crippen LogP contribution in [0, 0.1) is 11.6 Å². The van der Waals surface area contributed by atoms with Crippen molar-refractivity contribution < 1.29 is 18.3 Å². The summed E-state index contributed by atoms with van der Waals surface area (Å²) < 4.78 is 37.7. The highest BCUT2D eigenvalue weighted by atomic mass is 19.1. The molecule has 2 aromatic carbocycles. The fourth-order valence-corrected chi connectivity index (χ4v) is 1.95. The first-order chi connectivity index (χ1) is 10.2. The summed E-state index contributed by atoms with van der Waals surface area (Å²) in [6.07, 6.45) is 0. The standard InChI is InChI=1S/C16H17F2NO2/c1-3-21-14-8-7-11(9-15(14)20-2)10-19-16-12(17)5-4-6-13(16)18/h4-9,19H,3,10H2,1-2H3. The lowest BCUT2D eigenvalue weighted by Crippen LogP contribution is -2.04. The smallest absolute Gasteiger partial charge is 0.161 e. The highest BCUT2D eigenvalue weighted by Crippen LogP contribution is 2.28. The zero-order valence-corrected chi connectivity index (χ0v) is 12.0. The summed E-state index contributed by atoms with van der Waals surface area (Å²) in [6.45, 7) is 2.70. The Balaban J connectivity index is 2.13. The van der Waals surface area contributed by atoms with Gasteiger partial charge in [-0.25, -0.2) is 8.78 Å². The van der Waals surface area contributed by atoms with Gasteiger partial charge in [-0.2, -0.15) is 0 Å². The first kappa shape index (κ1) is 15.1. The quantitative estimate of drug-likeness (QED) is 0.873. The van der Waals surface area contributed by atoms with Crippen molar-refractivity contribution in [2.24, 2.45) is 0 Å². The van der Waals surface area contributed by atoms with E-state index in [1.165, 1.54) is 18.2 Å². The molecule has 0 radical (unpaired) electrons. The Bertz CT molecular complexity index is 597. The maximum atomic E-state index is 13.5. The summed E-state index contributed by atoms with van der Waals surface area (Å²) in [5.41, 5.74) is 0.698. The van der Waals surface area contributed by atoms with E-state index < -0.39 is 11.6 Å². The van der Waals surface area contributed by atoms with Crippen LogP contribution in [0.4, 0.5) is 14.5 Å². The van der Waals surface area contributed by atoms with E-state index in [0.717, 1.165) is 5.56 Å². The minimum Gasteiger partial charge on any atom is -0.493 e. The molecule has 0 aromatic heterocycles. The monoisotopic (exact) mass is 293 g/mol. The molecular weight excluding hydrogens is 276 g/mol. The number of ether oxygens (including phenoxy) is 2. The summed E-state index contributed by atoms with van der Waals surface area (Å²) in [6, 6.07) is 9.12. The van der Waals surface area contributed by atoms with Gasteiger partial charge in [0.1, 0.15) is 17.3 Å². The number of anilines is 1. The van der Waals surface area contributed by atoms with Gasteiger partial charge in [-0.15, -0.1) is 0 Å². The molecule has 0 amide bonds. The number of hydrogen-bond donors (Lipinski definition) is 1. The molecule has 5 heteroatoms. The van der Waals surface area contributed by atoms with Crippen LogP contribution in [0.3, 0.4) is 0 Å². The van der Waals surface area contributed by atoms with Crippen LogP contribution < -0.4 is 14.8 Å². The Morgan fingerprint density at radius 1 is 1.05 bits per heavy atom. The van der Waals surface area contributed by atoms with Crippen LogP contribution in [-0.4, -0.2) is 13.7 Å². The molecule has 0 bridgehead atoms. The Hall–Kier alpha value is -2.30. The second-order valence-corrected chi connectivity index (χ2v) is 4.37. The molecule has 3 nitrogen and oxygen atoms in total. The fraction of sp³-hybridized carbons (Fsp3) is 0.250. The fourth-order valence-electron chi connectivity index (χ4n) is 1.95. The lowest BCUT2D eigenvalue weighted by molar-refractivity contribution is 0.310. The minimum atomic E-state index is -0.618. The van der Waals surface area contributed by atoms with Crippen molar-refractivity contribution in [1.29, 1.82) is 0 Å². The molecule has 0 heterocycles. The third-order valence-electron chi connectivity index (χ3n) is 2.96. The Labute approximate surface area is 122 Å². The Kier molecular flexibility index (Phi) is 4.98. The molecule has 2 aromatic rings. The van der Waals surface area contributed by atoms with Crippen LogP contribution in [0.1, 0.15) is 12.5 Å². The third kappa shape index (κ3) is 3.62. The SMILES string of the molecule is CCOc1ccc(CNc2c(F)cccc2F)cc1OC. The first-order valence-electron chi connectivity index (χ1n) is 6.63. The van der Waals surface area contributed by atoms with Gasteiger partial charge in [0.2, 0.25) is 0 Å². The van der Waals surface area contributed by atoms with Crippen molar-refractivity contribution in [3.05, 3.63) is 53.6 Å².